The van der Waals surface area contributed by atoms with E-state index in [9.17, 15) is 4.79 Å². The van der Waals surface area contributed by atoms with Crippen LogP contribution in [0.4, 0.5) is 0 Å². The highest BCUT2D eigenvalue weighted by Gasteiger charge is 2.60. The van der Waals surface area contributed by atoms with Crippen LogP contribution in [0, 0.1) is 5.92 Å². The molecule has 2 aliphatic carbocycles. The quantitative estimate of drug-likeness (QED) is 0.863. The molecule has 1 heterocycles. The van der Waals surface area contributed by atoms with E-state index in [1.54, 1.807) is 0 Å². The number of rotatable bonds is 3. The molecule has 3 unspecified atom stereocenters. The first kappa shape index (κ1) is 13.7. The Morgan fingerprint density at radius 3 is 2.68 bits per heavy atom. The van der Waals surface area contributed by atoms with Gasteiger partial charge in [0.25, 0.3) is 0 Å². The van der Waals surface area contributed by atoms with Gasteiger partial charge in [-0.05, 0) is 44.3 Å². The van der Waals surface area contributed by atoms with Crippen LogP contribution >= 0.6 is 11.8 Å². The molecule has 1 aliphatic heterocycles. The van der Waals surface area contributed by atoms with Crippen molar-refractivity contribution in [3.05, 3.63) is 0 Å². The van der Waals surface area contributed by atoms with Crippen molar-refractivity contribution in [2.24, 2.45) is 5.92 Å². The Kier molecular flexibility index (Phi) is 3.59. The SMILES string of the molecule is CSC1CCCC(N2C(=O)C3(CC3)NC2C(C)C)C1. The van der Waals surface area contributed by atoms with Crippen molar-refractivity contribution in [2.45, 2.75) is 75.4 Å². The highest BCUT2D eigenvalue weighted by atomic mass is 32.2. The van der Waals surface area contributed by atoms with Crippen LogP contribution in [0.3, 0.4) is 0 Å². The van der Waals surface area contributed by atoms with E-state index < -0.39 is 0 Å². The highest BCUT2D eigenvalue weighted by molar-refractivity contribution is 7.99. The summed E-state index contributed by atoms with van der Waals surface area (Å²) in [7, 11) is 0. The molecule has 2 saturated carbocycles. The zero-order chi connectivity index (χ0) is 13.6. The molecule has 1 spiro atoms. The molecule has 0 aromatic rings. The molecule has 0 bridgehead atoms. The van der Waals surface area contributed by atoms with Crippen LogP contribution in [0.2, 0.25) is 0 Å². The summed E-state index contributed by atoms with van der Waals surface area (Å²) >= 11 is 1.98. The number of nitrogens with zero attached hydrogens (tertiary/aromatic N) is 1. The van der Waals surface area contributed by atoms with E-state index in [2.05, 4.69) is 30.3 Å². The number of nitrogens with one attached hydrogen (secondary N) is 1. The molecule has 0 aromatic heterocycles. The summed E-state index contributed by atoms with van der Waals surface area (Å²) in [5.41, 5.74) is -0.152. The van der Waals surface area contributed by atoms with Crippen molar-refractivity contribution in [3.8, 4) is 0 Å². The van der Waals surface area contributed by atoms with E-state index in [4.69, 9.17) is 0 Å². The van der Waals surface area contributed by atoms with Gasteiger partial charge in [-0.1, -0.05) is 20.3 Å². The normalized spacial score (nSPS) is 37.4. The van der Waals surface area contributed by atoms with E-state index in [1.165, 1.54) is 25.7 Å². The molecule has 3 aliphatic rings. The lowest BCUT2D eigenvalue weighted by Gasteiger charge is -2.39. The number of amides is 1. The minimum Gasteiger partial charge on any atom is -0.322 e. The Hall–Kier alpha value is -0.220. The van der Waals surface area contributed by atoms with Gasteiger partial charge in [0, 0.05) is 11.3 Å². The summed E-state index contributed by atoms with van der Waals surface area (Å²) in [6.45, 7) is 4.46. The molecule has 108 valence electrons. The second-order valence-electron chi connectivity index (χ2n) is 6.81. The van der Waals surface area contributed by atoms with Crippen LogP contribution in [-0.4, -0.2) is 40.1 Å². The molecule has 19 heavy (non-hydrogen) atoms. The number of hydrogen-bond acceptors (Lipinski definition) is 3. The molecule has 3 fully saturated rings. The average Bonchev–Trinajstić information content (AvgIpc) is 3.12. The second kappa shape index (κ2) is 4.96. The summed E-state index contributed by atoms with van der Waals surface area (Å²) in [5, 5.41) is 4.39. The predicted octanol–water partition coefficient (Wildman–Crippen LogP) is 2.61. The summed E-state index contributed by atoms with van der Waals surface area (Å²) in [4.78, 5) is 15.0. The van der Waals surface area contributed by atoms with Crippen LogP contribution in [0.25, 0.3) is 0 Å². The third-order valence-corrected chi connectivity index (χ3v) is 6.17. The monoisotopic (exact) mass is 282 g/mol. The lowest BCUT2D eigenvalue weighted by Crippen LogP contribution is -2.49. The van der Waals surface area contributed by atoms with Gasteiger partial charge in [-0.15, -0.1) is 0 Å². The van der Waals surface area contributed by atoms with Gasteiger partial charge in [0.05, 0.1) is 11.7 Å². The first-order valence-corrected chi connectivity index (χ1v) is 8.99. The van der Waals surface area contributed by atoms with Gasteiger partial charge in [0.2, 0.25) is 5.91 Å². The Morgan fingerprint density at radius 1 is 1.37 bits per heavy atom. The Balaban J connectivity index is 1.78. The van der Waals surface area contributed by atoms with Crippen molar-refractivity contribution in [1.29, 1.82) is 0 Å². The summed E-state index contributed by atoms with van der Waals surface area (Å²) < 4.78 is 0. The van der Waals surface area contributed by atoms with Crippen LogP contribution in [0.5, 0.6) is 0 Å². The maximum Gasteiger partial charge on any atom is 0.244 e. The van der Waals surface area contributed by atoms with Gasteiger partial charge < -0.3 is 4.90 Å². The molecule has 1 amide bonds. The number of carbonyl (C=O) groups excluding carboxylic acids is 1. The van der Waals surface area contributed by atoms with Gasteiger partial charge in [0.1, 0.15) is 0 Å². The lowest BCUT2D eigenvalue weighted by molar-refractivity contribution is -0.134. The second-order valence-corrected chi connectivity index (χ2v) is 7.94. The fourth-order valence-corrected chi connectivity index (χ4v) is 4.56. The number of hydrogen-bond donors (Lipinski definition) is 1. The zero-order valence-electron chi connectivity index (χ0n) is 12.3. The highest BCUT2D eigenvalue weighted by Crippen LogP contribution is 2.45. The topological polar surface area (TPSA) is 32.3 Å². The molecule has 3 nitrogen and oxygen atoms in total. The fraction of sp³-hybridized carbons (Fsp3) is 0.933. The molecule has 0 aromatic carbocycles. The van der Waals surface area contributed by atoms with Gasteiger partial charge in [0.15, 0.2) is 0 Å². The molecular formula is C15H26N2OS. The Morgan fingerprint density at radius 2 is 2.11 bits per heavy atom. The third kappa shape index (κ3) is 2.31. The first-order chi connectivity index (χ1) is 9.07. The first-order valence-electron chi connectivity index (χ1n) is 7.70. The largest absolute Gasteiger partial charge is 0.322 e. The molecule has 1 N–H and O–H groups in total. The van der Waals surface area contributed by atoms with Crippen molar-refractivity contribution >= 4 is 17.7 Å². The average molecular weight is 282 g/mol. The number of carbonyl (C=O) groups is 1. The van der Waals surface area contributed by atoms with E-state index in [-0.39, 0.29) is 11.7 Å². The minimum atomic E-state index is -0.152. The van der Waals surface area contributed by atoms with Crippen molar-refractivity contribution < 1.29 is 4.79 Å². The third-order valence-electron chi connectivity index (χ3n) is 5.07. The van der Waals surface area contributed by atoms with Crippen LogP contribution in [0.15, 0.2) is 0 Å². The van der Waals surface area contributed by atoms with Crippen molar-refractivity contribution in [2.75, 3.05) is 6.26 Å². The van der Waals surface area contributed by atoms with Crippen molar-refractivity contribution in [1.82, 2.24) is 10.2 Å². The Bertz CT molecular complexity index is 367. The van der Waals surface area contributed by atoms with Crippen LogP contribution in [0.1, 0.15) is 52.4 Å². The lowest BCUT2D eigenvalue weighted by atomic mass is 9.92. The van der Waals surface area contributed by atoms with E-state index >= 15 is 0 Å². The molecule has 1 saturated heterocycles. The minimum absolute atomic E-state index is 0.152. The van der Waals surface area contributed by atoms with Gasteiger partial charge in [-0.25, -0.2) is 0 Å². The van der Waals surface area contributed by atoms with E-state index in [1.807, 2.05) is 11.8 Å². The zero-order valence-corrected chi connectivity index (χ0v) is 13.1. The maximum absolute atomic E-state index is 12.8. The van der Waals surface area contributed by atoms with Gasteiger partial charge in [-0.2, -0.15) is 11.8 Å². The van der Waals surface area contributed by atoms with Crippen LogP contribution in [-0.2, 0) is 4.79 Å². The smallest absolute Gasteiger partial charge is 0.244 e. The van der Waals surface area contributed by atoms with Gasteiger partial charge >= 0.3 is 0 Å². The molecular weight excluding hydrogens is 256 g/mol. The molecule has 3 atom stereocenters. The fourth-order valence-electron chi connectivity index (χ4n) is 3.74. The number of thioether (sulfide) groups is 1. The summed E-state index contributed by atoms with van der Waals surface area (Å²) in [5.74, 6) is 0.900. The molecule has 3 rings (SSSR count). The Labute approximate surface area is 120 Å². The van der Waals surface area contributed by atoms with Crippen LogP contribution < -0.4 is 5.32 Å². The molecule has 0 radical (unpaired) electrons. The predicted molar refractivity (Wildman–Crippen MR) is 80.1 cm³/mol. The summed E-state index contributed by atoms with van der Waals surface area (Å²) in [6.07, 6.45) is 9.55. The molecule has 4 heteroatoms. The van der Waals surface area contributed by atoms with Crippen molar-refractivity contribution in [3.63, 3.8) is 0 Å². The summed E-state index contributed by atoms with van der Waals surface area (Å²) in [6, 6.07) is 0.471. The maximum atomic E-state index is 12.8. The standard InChI is InChI=1S/C15H26N2OS/c1-10(2)13-16-15(7-8-15)14(18)17(13)11-5-4-6-12(9-11)19-3/h10-13,16H,4-9H2,1-3H3. The van der Waals surface area contributed by atoms with E-state index in [0.29, 0.717) is 17.9 Å². The van der Waals surface area contributed by atoms with E-state index in [0.717, 1.165) is 18.1 Å². The van der Waals surface area contributed by atoms with Gasteiger partial charge in [-0.3, -0.25) is 10.1 Å².